The van der Waals surface area contributed by atoms with Crippen LogP contribution in [0, 0.1) is 19.8 Å². The molecule has 0 aliphatic carbocycles. The van der Waals surface area contributed by atoms with Gasteiger partial charge >= 0.3 is 5.97 Å². The summed E-state index contributed by atoms with van der Waals surface area (Å²) in [7, 11) is 0. The molecule has 1 aromatic rings. The minimum Gasteiger partial charge on any atom is -0.466 e. The number of carbonyl (C=O) groups excluding carboxylic acids is 1. The van der Waals surface area contributed by atoms with Gasteiger partial charge in [0.1, 0.15) is 0 Å². The molecule has 1 aliphatic heterocycles. The van der Waals surface area contributed by atoms with Crippen molar-refractivity contribution in [1.29, 1.82) is 0 Å². The van der Waals surface area contributed by atoms with Crippen molar-refractivity contribution in [1.82, 2.24) is 4.98 Å². The maximum atomic E-state index is 11.7. The molecule has 1 aliphatic rings. The Morgan fingerprint density at radius 1 is 1.44 bits per heavy atom. The van der Waals surface area contributed by atoms with Crippen LogP contribution in [0.4, 0.5) is 5.69 Å². The fourth-order valence-corrected chi connectivity index (χ4v) is 2.44. The van der Waals surface area contributed by atoms with E-state index < -0.39 is 0 Å². The van der Waals surface area contributed by atoms with E-state index in [9.17, 15) is 4.79 Å². The monoisotopic (exact) mass is 248 g/mol. The third-order valence-electron chi connectivity index (χ3n) is 3.24. The van der Waals surface area contributed by atoms with Crippen molar-refractivity contribution < 1.29 is 9.53 Å². The van der Waals surface area contributed by atoms with E-state index in [1.54, 1.807) is 0 Å². The molecule has 0 spiro atoms. The molecular formula is C14H20N2O2. The Kier molecular flexibility index (Phi) is 3.84. The normalized spacial score (nSPS) is 19.1. The summed E-state index contributed by atoms with van der Waals surface area (Å²) in [5.41, 5.74) is 3.20. The van der Waals surface area contributed by atoms with Crippen molar-refractivity contribution in [3.8, 4) is 0 Å². The van der Waals surface area contributed by atoms with Gasteiger partial charge < -0.3 is 9.64 Å². The van der Waals surface area contributed by atoms with Crippen LogP contribution >= 0.6 is 0 Å². The lowest BCUT2D eigenvalue weighted by molar-refractivity contribution is -0.147. The van der Waals surface area contributed by atoms with Crippen LogP contribution in [0.25, 0.3) is 0 Å². The first-order valence-corrected chi connectivity index (χ1v) is 6.47. The molecule has 18 heavy (non-hydrogen) atoms. The molecule has 2 rings (SSSR count). The molecule has 98 valence electrons. The number of pyridine rings is 1. The van der Waals surface area contributed by atoms with Crippen LogP contribution in [0.15, 0.2) is 12.1 Å². The number of hydrogen-bond donors (Lipinski definition) is 0. The second-order valence-electron chi connectivity index (χ2n) is 4.79. The molecule has 1 atom stereocenters. The fraction of sp³-hybridized carbons (Fsp3) is 0.571. The Morgan fingerprint density at radius 2 is 2.11 bits per heavy atom. The van der Waals surface area contributed by atoms with E-state index in [1.165, 1.54) is 0 Å². The standard InChI is InChI=1S/C14H20N2O2/c1-4-18-14(17)12-5-6-16(9-12)13-7-10(2)15-11(3)8-13/h7-8,12H,4-6,9H2,1-3H3. The third-order valence-corrected chi connectivity index (χ3v) is 3.24. The maximum Gasteiger partial charge on any atom is 0.310 e. The van der Waals surface area contributed by atoms with Gasteiger partial charge in [-0.05, 0) is 39.3 Å². The molecule has 4 heteroatoms. The van der Waals surface area contributed by atoms with Crippen LogP contribution in [-0.4, -0.2) is 30.6 Å². The van der Waals surface area contributed by atoms with Crippen LogP contribution in [0.1, 0.15) is 24.7 Å². The maximum absolute atomic E-state index is 11.7. The van der Waals surface area contributed by atoms with E-state index in [2.05, 4.69) is 22.0 Å². The van der Waals surface area contributed by atoms with Gasteiger partial charge in [0.05, 0.1) is 12.5 Å². The molecular weight excluding hydrogens is 228 g/mol. The predicted octanol–water partition coefficient (Wildman–Crippen LogP) is 2.09. The predicted molar refractivity (Wildman–Crippen MR) is 70.7 cm³/mol. The molecule has 1 aromatic heterocycles. The van der Waals surface area contributed by atoms with Gasteiger partial charge in [-0.2, -0.15) is 0 Å². The Labute approximate surface area is 108 Å². The van der Waals surface area contributed by atoms with Gasteiger partial charge in [-0.3, -0.25) is 9.78 Å². The minimum atomic E-state index is -0.0671. The lowest BCUT2D eigenvalue weighted by atomic mass is 10.1. The van der Waals surface area contributed by atoms with Crippen LogP contribution < -0.4 is 4.90 Å². The van der Waals surface area contributed by atoms with Crippen molar-refractivity contribution >= 4 is 11.7 Å². The van der Waals surface area contributed by atoms with Crippen molar-refractivity contribution in [3.63, 3.8) is 0 Å². The average molecular weight is 248 g/mol. The third kappa shape index (κ3) is 2.81. The van der Waals surface area contributed by atoms with E-state index in [4.69, 9.17) is 4.74 Å². The second kappa shape index (κ2) is 5.38. The molecule has 2 heterocycles. The highest BCUT2D eigenvalue weighted by atomic mass is 16.5. The number of carbonyl (C=O) groups is 1. The molecule has 0 bridgehead atoms. The first kappa shape index (κ1) is 12.9. The zero-order chi connectivity index (χ0) is 13.1. The number of aryl methyl sites for hydroxylation is 2. The fourth-order valence-electron chi connectivity index (χ4n) is 2.44. The highest BCUT2D eigenvalue weighted by Gasteiger charge is 2.29. The zero-order valence-corrected chi connectivity index (χ0v) is 11.3. The summed E-state index contributed by atoms with van der Waals surface area (Å²) in [5, 5.41) is 0. The molecule has 0 aromatic carbocycles. The largest absolute Gasteiger partial charge is 0.466 e. The number of anilines is 1. The average Bonchev–Trinajstić information content (AvgIpc) is 2.77. The molecule has 0 amide bonds. The molecule has 4 nitrogen and oxygen atoms in total. The van der Waals surface area contributed by atoms with Crippen molar-refractivity contribution in [2.45, 2.75) is 27.2 Å². The number of hydrogen-bond acceptors (Lipinski definition) is 4. The lowest BCUT2D eigenvalue weighted by Gasteiger charge is -2.19. The van der Waals surface area contributed by atoms with Crippen LogP contribution in [-0.2, 0) is 9.53 Å². The number of nitrogens with zero attached hydrogens (tertiary/aromatic N) is 2. The van der Waals surface area contributed by atoms with Gasteiger partial charge in [-0.25, -0.2) is 0 Å². The second-order valence-corrected chi connectivity index (χ2v) is 4.79. The van der Waals surface area contributed by atoms with Gasteiger partial charge in [0.15, 0.2) is 0 Å². The summed E-state index contributed by atoms with van der Waals surface area (Å²) in [6, 6.07) is 4.14. The van der Waals surface area contributed by atoms with Gasteiger partial charge in [0.25, 0.3) is 0 Å². The topological polar surface area (TPSA) is 42.4 Å². The van der Waals surface area contributed by atoms with E-state index >= 15 is 0 Å². The smallest absolute Gasteiger partial charge is 0.310 e. The summed E-state index contributed by atoms with van der Waals surface area (Å²) in [5.74, 6) is -0.0544. The minimum absolute atomic E-state index is 0.0127. The van der Waals surface area contributed by atoms with Crippen molar-refractivity contribution in [2.75, 3.05) is 24.6 Å². The summed E-state index contributed by atoms with van der Waals surface area (Å²) < 4.78 is 5.08. The highest BCUT2D eigenvalue weighted by Crippen LogP contribution is 2.25. The summed E-state index contributed by atoms with van der Waals surface area (Å²) in [6.07, 6.45) is 0.874. The van der Waals surface area contributed by atoms with Gasteiger partial charge in [0.2, 0.25) is 0 Å². The quantitative estimate of drug-likeness (QED) is 0.768. The van der Waals surface area contributed by atoms with Crippen molar-refractivity contribution in [2.24, 2.45) is 5.92 Å². The Balaban J connectivity index is 2.06. The summed E-state index contributed by atoms with van der Waals surface area (Å²) in [6.45, 7) is 7.96. The summed E-state index contributed by atoms with van der Waals surface area (Å²) >= 11 is 0. The first-order valence-electron chi connectivity index (χ1n) is 6.47. The van der Waals surface area contributed by atoms with E-state index in [0.29, 0.717) is 6.61 Å². The molecule has 1 fully saturated rings. The van der Waals surface area contributed by atoms with E-state index in [0.717, 1.165) is 36.6 Å². The first-order chi connectivity index (χ1) is 8.60. The zero-order valence-electron chi connectivity index (χ0n) is 11.3. The Morgan fingerprint density at radius 3 is 2.72 bits per heavy atom. The number of esters is 1. The highest BCUT2D eigenvalue weighted by molar-refractivity contribution is 5.74. The van der Waals surface area contributed by atoms with Gasteiger partial charge in [-0.1, -0.05) is 0 Å². The Hall–Kier alpha value is -1.58. The van der Waals surface area contributed by atoms with Gasteiger partial charge in [0, 0.05) is 30.2 Å². The summed E-state index contributed by atoms with van der Waals surface area (Å²) in [4.78, 5) is 18.3. The van der Waals surface area contributed by atoms with E-state index in [-0.39, 0.29) is 11.9 Å². The number of aromatic nitrogens is 1. The number of rotatable bonds is 3. The number of ether oxygens (including phenoxy) is 1. The molecule has 0 radical (unpaired) electrons. The Bertz CT molecular complexity index is 425. The lowest BCUT2D eigenvalue weighted by Crippen LogP contribution is -2.24. The van der Waals surface area contributed by atoms with Crippen LogP contribution in [0.5, 0.6) is 0 Å². The van der Waals surface area contributed by atoms with Crippen molar-refractivity contribution in [3.05, 3.63) is 23.5 Å². The molecule has 0 N–H and O–H groups in total. The molecule has 1 saturated heterocycles. The SMILES string of the molecule is CCOC(=O)C1CCN(c2cc(C)nc(C)c2)C1. The molecule has 0 saturated carbocycles. The van der Waals surface area contributed by atoms with Crippen LogP contribution in [0.2, 0.25) is 0 Å². The molecule has 1 unspecified atom stereocenters. The van der Waals surface area contributed by atoms with E-state index in [1.807, 2.05) is 20.8 Å². The van der Waals surface area contributed by atoms with Gasteiger partial charge in [-0.15, -0.1) is 0 Å². The van der Waals surface area contributed by atoms with Crippen LogP contribution in [0.3, 0.4) is 0 Å².